The van der Waals surface area contributed by atoms with Gasteiger partial charge in [0.2, 0.25) is 0 Å². The van der Waals surface area contributed by atoms with Crippen LogP contribution in [0.1, 0.15) is 31.9 Å². The van der Waals surface area contributed by atoms with E-state index < -0.39 is 0 Å². The Labute approximate surface area is 162 Å². The predicted molar refractivity (Wildman–Crippen MR) is 116 cm³/mol. The third-order valence-corrected chi connectivity index (χ3v) is 4.00. The van der Waals surface area contributed by atoms with E-state index >= 15 is 0 Å². The zero-order chi connectivity index (χ0) is 20.4. The van der Waals surface area contributed by atoms with E-state index in [-0.39, 0.29) is 5.82 Å². The average Bonchev–Trinajstić information content (AvgIpc) is 2.63. The molecule has 0 fully saturated rings. The largest absolute Gasteiger partial charge is 0.392 e. The van der Waals surface area contributed by atoms with Crippen molar-refractivity contribution in [2.45, 2.75) is 27.7 Å². The van der Waals surface area contributed by atoms with Gasteiger partial charge >= 0.3 is 0 Å². The topological polar surface area (TPSA) is 36.4 Å². The van der Waals surface area contributed by atoms with Gasteiger partial charge in [-0.25, -0.2) is 4.39 Å². The molecule has 0 aliphatic rings. The fourth-order valence-corrected chi connectivity index (χ4v) is 2.43. The van der Waals surface area contributed by atoms with Crippen molar-refractivity contribution in [3.8, 4) is 0 Å². The molecule has 0 aliphatic carbocycles. The fraction of sp³-hybridized carbons (Fsp3) is 0.261. The summed E-state index contributed by atoms with van der Waals surface area (Å²) in [6, 6.07) is 4.97. The quantitative estimate of drug-likeness (QED) is 0.459. The van der Waals surface area contributed by atoms with E-state index in [4.69, 9.17) is 0 Å². The number of benzene rings is 1. The lowest BCUT2D eigenvalue weighted by molar-refractivity contribution is 0.621. The zero-order valence-electron chi connectivity index (χ0n) is 17.0. The van der Waals surface area contributed by atoms with Crippen molar-refractivity contribution in [2.75, 3.05) is 13.6 Å². The molecule has 0 bridgehead atoms. The summed E-state index contributed by atoms with van der Waals surface area (Å²) >= 11 is 0. The van der Waals surface area contributed by atoms with Crippen LogP contribution in [0.3, 0.4) is 0 Å². The highest BCUT2D eigenvalue weighted by Gasteiger charge is 2.13. The van der Waals surface area contributed by atoms with Gasteiger partial charge in [-0.2, -0.15) is 0 Å². The Morgan fingerprint density at radius 2 is 1.96 bits per heavy atom. The van der Waals surface area contributed by atoms with Crippen molar-refractivity contribution >= 4 is 11.4 Å². The molecule has 0 aromatic heterocycles. The van der Waals surface area contributed by atoms with Crippen molar-refractivity contribution in [1.82, 2.24) is 10.6 Å². The molecule has 2 N–H and O–H groups in total. The molecular weight excluding hydrogens is 337 g/mol. The zero-order valence-corrected chi connectivity index (χ0v) is 17.0. The van der Waals surface area contributed by atoms with Gasteiger partial charge in [-0.1, -0.05) is 49.1 Å². The maximum Gasteiger partial charge on any atom is 0.132 e. The van der Waals surface area contributed by atoms with Crippen LogP contribution >= 0.6 is 0 Å². The summed E-state index contributed by atoms with van der Waals surface area (Å²) in [6.07, 6.45) is 7.77. The first kappa shape index (κ1) is 22.2. The molecule has 0 heterocycles. The van der Waals surface area contributed by atoms with Crippen LogP contribution in [0.25, 0.3) is 5.70 Å². The lowest BCUT2D eigenvalue weighted by atomic mass is 10.0. The van der Waals surface area contributed by atoms with Gasteiger partial charge in [-0.15, -0.1) is 0 Å². The first-order chi connectivity index (χ1) is 12.8. The van der Waals surface area contributed by atoms with Crippen LogP contribution < -0.4 is 10.6 Å². The Morgan fingerprint density at radius 1 is 1.26 bits per heavy atom. The van der Waals surface area contributed by atoms with E-state index in [9.17, 15) is 4.39 Å². The maximum atomic E-state index is 14.2. The van der Waals surface area contributed by atoms with Gasteiger partial charge in [0.25, 0.3) is 0 Å². The number of allylic oxidation sites excluding steroid dienone is 4. The molecule has 0 spiro atoms. The van der Waals surface area contributed by atoms with Crippen LogP contribution in [0.4, 0.5) is 4.39 Å². The fourth-order valence-electron chi connectivity index (χ4n) is 2.43. The Kier molecular flexibility index (Phi) is 9.00. The SMILES string of the molecule is C=C(C(C)=NC/C(C)=C\C=C/C)/C(=C\NC)NC(=C)c1c(C)cccc1F. The van der Waals surface area contributed by atoms with Gasteiger partial charge in [0.1, 0.15) is 5.82 Å². The van der Waals surface area contributed by atoms with Gasteiger partial charge in [0.05, 0.1) is 12.2 Å². The molecule has 0 saturated heterocycles. The van der Waals surface area contributed by atoms with E-state index in [1.807, 2.05) is 52.0 Å². The molecule has 144 valence electrons. The third kappa shape index (κ3) is 6.74. The Morgan fingerprint density at radius 3 is 2.56 bits per heavy atom. The highest BCUT2D eigenvalue weighted by atomic mass is 19.1. The first-order valence-corrected chi connectivity index (χ1v) is 8.89. The number of nitrogens with zero attached hydrogens (tertiary/aromatic N) is 1. The average molecular weight is 368 g/mol. The number of halogens is 1. The Balaban J connectivity index is 3.00. The summed E-state index contributed by atoms with van der Waals surface area (Å²) in [5.41, 5.74) is 5.13. The van der Waals surface area contributed by atoms with E-state index in [0.717, 1.165) is 22.4 Å². The minimum absolute atomic E-state index is 0.308. The van der Waals surface area contributed by atoms with E-state index in [1.165, 1.54) is 6.07 Å². The molecule has 0 saturated carbocycles. The molecule has 1 rings (SSSR count). The second-order valence-electron chi connectivity index (χ2n) is 6.30. The van der Waals surface area contributed by atoms with Crippen molar-refractivity contribution in [1.29, 1.82) is 0 Å². The predicted octanol–water partition coefficient (Wildman–Crippen LogP) is 5.29. The summed E-state index contributed by atoms with van der Waals surface area (Å²) in [5.74, 6) is -0.308. The molecule has 3 nitrogen and oxygen atoms in total. The highest BCUT2D eigenvalue weighted by Crippen LogP contribution is 2.21. The Hall–Kier alpha value is -2.88. The lowest BCUT2D eigenvalue weighted by Crippen LogP contribution is -2.19. The van der Waals surface area contributed by atoms with Crippen LogP contribution in [-0.2, 0) is 0 Å². The molecule has 0 radical (unpaired) electrons. The van der Waals surface area contributed by atoms with Crippen LogP contribution in [0.5, 0.6) is 0 Å². The molecule has 0 amide bonds. The normalized spacial score (nSPS) is 13.0. The van der Waals surface area contributed by atoms with Gasteiger partial charge in [0.15, 0.2) is 0 Å². The summed E-state index contributed by atoms with van der Waals surface area (Å²) in [5, 5.41) is 6.16. The molecule has 4 heteroatoms. The van der Waals surface area contributed by atoms with E-state index in [0.29, 0.717) is 23.5 Å². The Bertz CT molecular complexity index is 791. The standard InChI is InChI=1S/C23H30FN3/c1-8-9-11-16(2)14-26-19(5)18(4)22(15-25-7)27-20(6)23-17(3)12-10-13-21(23)24/h8-13,15,25,27H,4,6,14H2,1-3,5,7H3/b9-8-,16-11-,22-15+,26-19?. The minimum Gasteiger partial charge on any atom is -0.392 e. The van der Waals surface area contributed by atoms with Crippen molar-refractivity contribution < 1.29 is 4.39 Å². The maximum absolute atomic E-state index is 14.2. The van der Waals surface area contributed by atoms with Crippen molar-refractivity contribution in [3.63, 3.8) is 0 Å². The van der Waals surface area contributed by atoms with Crippen LogP contribution in [-0.4, -0.2) is 19.3 Å². The molecule has 0 unspecified atom stereocenters. The molecule has 1 aromatic carbocycles. The smallest absolute Gasteiger partial charge is 0.132 e. The number of hydrogen-bond acceptors (Lipinski definition) is 3. The van der Waals surface area contributed by atoms with Crippen LogP contribution in [0.15, 0.2) is 77.6 Å². The van der Waals surface area contributed by atoms with E-state index in [1.54, 1.807) is 19.3 Å². The van der Waals surface area contributed by atoms with Gasteiger partial charge in [-0.05, 0) is 39.3 Å². The van der Waals surface area contributed by atoms with Crippen LogP contribution in [0.2, 0.25) is 0 Å². The molecule has 0 aliphatic heterocycles. The minimum atomic E-state index is -0.308. The summed E-state index contributed by atoms with van der Waals surface area (Å²) in [7, 11) is 1.79. The third-order valence-electron chi connectivity index (χ3n) is 4.00. The molecular formula is C23H30FN3. The first-order valence-electron chi connectivity index (χ1n) is 8.89. The van der Waals surface area contributed by atoms with Gasteiger partial charge in [0, 0.05) is 35.8 Å². The lowest BCUT2D eigenvalue weighted by Gasteiger charge is -2.18. The van der Waals surface area contributed by atoms with E-state index in [2.05, 4.69) is 28.8 Å². The van der Waals surface area contributed by atoms with Gasteiger partial charge in [-0.3, -0.25) is 4.99 Å². The highest BCUT2D eigenvalue weighted by molar-refractivity contribution is 6.01. The summed E-state index contributed by atoms with van der Waals surface area (Å²) < 4.78 is 14.2. The number of rotatable bonds is 9. The molecule has 27 heavy (non-hydrogen) atoms. The number of nitrogens with one attached hydrogen (secondary N) is 2. The number of aryl methyl sites for hydroxylation is 1. The molecule has 0 atom stereocenters. The van der Waals surface area contributed by atoms with Crippen LogP contribution in [0, 0.1) is 12.7 Å². The number of hydrogen-bond donors (Lipinski definition) is 2. The summed E-state index contributed by atoms with van der Waals surface area (Å²) in [4.78, 5) is 4.60. The molecule has 1 aromatic rings. The second-order valence-corrected chi connectivity index (χ2v) is 6.30. The second kappa shape index (κ2) is 11.0. The monoisotopic (exact) mass is 367 g/mol. The van der Waals surface area contributed by atoms with Gasteiger partial charge < -0.3 is 10.6 Å². The van der Waals surface area contributed by atoms with Crippen molar-refractivity contribution in [2.24, 2.45) is 4.99 Å². The summed E-state index contributed by atoms with van der Waals surface area (Å²) in [6.45, 7) is 16.5. The number of aliphatic imine (C=N–C) groups is 1. The van der Waals surface area contributed by atoms with Crippen molar-refractivity contribution in [3.05, 3.63) is 89.6 Å².